The van der Waals surface area contributed by atoms with Gasteiger partial charge in [-0.15, -0.1) is 5.10 Å². The second kappa shape index (κ2) is 8.16. The minimum Gasteiger partial charge on any atom is -0.274 e. The van der Waals surface area contributed by atoms with Crippen molar-refractivity contribution in [2.75, 3.05) is 12.3 Å². The van der Waals surface area contributed by atoms with Crippen molar-refractivity contribution in [1.29, 1.82) is 0 Å². The van der Waals surface area contributed by atoms with Crippen LogP contribution in [0.5, 0.6) is 0 Å². The first-order valence-electron chi connectivity index (χ1n) is 8.49. The van der Waals surface area contributed by atoms with Crippen LogP contribution in [-0.2, 0) is 0 Å². The van der Waals surface area contributed by atoms with Crippen molar-refractivity contribution in [2.24, 2.45) is 0 Å². The number of halogens is 1. The van der Waals surface area contributed by atoms with Crippen molar-refractivity contribution in [3.63, 3.8) is 0 Å². The topological polar surface area (TPSA) is 55.2 Å². The second-order valence-electron chi connectivity index (χ2n) is 6.03. The Morgan fingerprint density at radius 2 is 1.68 bits per heavy atom. The molecule has 0 unspecified atom stereocenters. The molecule has 2 heterocycles. The van der Waals surface area contributed by atoms with E-state index in [0.29, 0.717) is 33.1 Å². The SMILES string of the molecule is O=C1c2ccccc2C(=O)N1CCCSc1nn(-c2ccc(Cl)cc2)c(=S)s1. The summed E-state index contributed by atoms with van der Waals surface area (Å²) in [6, 6.07) is 14.3. The summed E-state index contributed by atoms with van der Waals surface area (Å²) in [5.41, 5.74) is 1.84. The summed E-state index contributed by atoms with van der Waals surface area (Å²) < 4.78 is 3.22. The minimum absolute atomic E-state index is 0.215. The molecule has 28 heavy (non-hydrogen) atoms. The van der Waals surface area contributed by atoms with Crippen LogP contribution in [0.15, 0.2) is 52.9 Å². The maximum absolute atomic E-state index is 12.4. The fraction of sp³-hybridized carbons (Fsp3) is 0.158. The van der Waals surface area contributed by atoms with Gasteiger partial charge in [0.25, 0.3) is 11.8 Å². The van der Waals surface area contributed by atoms with Gasteiger partial charge in [-0.2, -0.15) is 0 Å². The number of nitrogens with zero attached hydrogens (tertiary/aromatic N) is 3. The van der Waals surface area contributed by atoms with E-state index in [2.05, 4.69) is 5.10 Å². The van der Waals surface area contributed by atoms with Crippen molar-refractivity contribution in [3.05, 3.63) is 68.6 Å². The molecule has 4 rings (SSSR count). The van der Waals surface area contributed by atoms with Crippen LogP contribution < -0.4 is 0 Å². The second-order valence-corrected chi connectivity index (χ2v) is 9.43. The summed E-state index contributed by atoms with van der Waals surface area (Å²) in [4.78, 5) is 26.0. The van der Waals surface area contributed by atoms with E-state index in [9.17, 15) is 9.59 Å². The number of fused-ring (bicyclic) bond motifs is 1. The van der Waals surface area contributed by atoms with E-state index in [1.165, 1.54) is 16.2 Å². The van der Waals surface area contributed by atoms with Gasteiger partial charge in [0.15, 0.2) is 8.29 Å². The van der Waals surface area contributed by atoms with Gasteiger partial charge in [0, 0.05) is 17.3 Å². The molecule has 2 amide bonds. The molecule has 1 aromatic heterocycles. The van der Waals surface area contributed by atoms with Gasteiger partial charge < -0.3 is 0 Å². The smallest absolute Gasteiger partial charge is 0.261 e. The van der Waals surface area contributed by atoms with Gasteiger partial charge in [-0.25, -0.2) is 4.68 Å². The highest BCUT2D eigenvalue weighted by Crippen LogP contribution is 2.26. The lowest BCUT2D eigenvalue weighted by Gasteiger charge is -2.12. The van der Waals surface area contributed by atoms with E-state index in [-0.39, 0.29) is 11.8 Å². The van der Waals surface area contributed by atoms with Crippen LogP contribution >= 0.6 is 46.9 Å². The quantitative estimate of drug-likeness (QED) is 0.228. The average molecular weight is 448 g/mol. The summed E-state index contributed by atoms with van der Waals surface area (Å²) >= 11 is 14.3. The molecule has 0 N–H and O–H groups in total. The molecule has 0 saturated heterocycles. The molecule has 1 aliphatic rings. The lowest BCUT2D eigenvalue weighted by Crippen LogP contribution is -2.30. The number of carbonyl (C=O) groups excluding carboxylic acids is 2. The zero-order valence-electron chi connectivity index (χ0n) is 14.5. The van der Waals surface area contributed by atoms with E-state index in [1.807, 2.05) is 12.1 Å². The Hall–Kier alpha value is -2.00. The lowest BCUT2D eigenvalue weighted by atomic mass is 10.1. The first-order chi connectivity index (χ1) is 13.5. The Morgan fingerprint density at radius 1 is 1.04 bits per heavy atom. The van der Waals surface area contributed by atoms with Crippen molar-refractivity contribution in [1.82, 2.24) is 14.7 Å². The number of aromatic nitrogens is 2. The number of imide groups is 1. The Morgan fingerprint density at radius 3 is 2.32 bits per heavy atom. The number of thioether (sulfide) groups is 1. The van der Waals surface area contributed by atoms with Gasteiger partial charge in [0.2, 0.25) is 0 Å². The fourth-order valence-electron chi connectivity index (χ4n) is 2.89. The summed E-state index contributed by atoms with van der Waals surface area (Å²) in [7, 11) is 0. The van der Waals surface area contributed by atoms with Crippen molar-refractivity contribution in [2.45, 2.75) is 10.8 Å². The third-order valence-electron chi connectivity index (χ3n) is 4.23. The van der Waals surface area contributed by atoms with E-state index in [1.54, 1.807) is 52.8 Å². The van der Waals surface area contributed by atoms with E-state index in [0.717, 1.165) is 15.8 Å². The molecule has 3 aromatic rings. The molecule has 0 radical (unpaired) electrons. The summed E-state index contributed by atoms with van der Waals surface area (Å²) in [5.74, 6) is 0.303. The molecule has 0 fully saturated rings. The molecule has 1 aliphatic heterocycles. The number of carbonyl (C=O) groups is 2. The third kappa shape index (κ3) is 3.77. The number of amides is 2. The zero-order chi connectivity index (χ0) is 19.7. The zero-order valence-corrected chi connectivity index (χ0v) is 17.7. The summed E-state index contributed by atoms with van der Waals surface area (Å²) in [6.45, 7) is 0.392. The Kier molecular flexibility index (Phi) is 5.63. The van der Waals surface area contributed by atoms with Gasteiger partial charge in [0.05, 0.1) is 16.8 Å². The monoisotopic (exact) mass is 447 g/mol. The highest BCUT2D eigenvalue weighted by Gasteiger charge is 2.34. The number of hydrogen-bond acceptors (Lipinski definition) is 6. The van der Waals surface area contributed by atoms with Crippen LogP contribution in [0.4, 0.5) is 0 Å². The fourth-order valence-corrected chi connectivity index (χ4v) is 5.37. The van der Waals surface area contributed by atoms with Gasteiger partial charge in [-0.3, -0.25) is 14.5 Å². The molecule has 0 spiro atoms. The Labute approximate surface area is 179 Å². The summed E-state index contributed by atoms with van der Waals surface area (Å²) in [6.07, 6.45) is 0.684. The number of benzene rings is 2. The van der Waals surface area contributed by atoms with E-state index in [4.69, 9.17) is 23.8 Å². The van der Waals surface area contributed by atoms with E-state index < -0.39 is 0 Å². The standard InChI is InChI=1S/C19H14ClN3O2S3/c20-12-6-8-13(9-7-12)23-19(26)28-18(21-23)27-11-3-10-22-16(24)14-4-1-2-5-15(14)17(22)25/h1-2,4-9H,3,10-11H2. The maximum Gasteiger partial charge on any atom is 0.261 e. The van der Waals surface area contributed by atoms with Crippen LogP contribution in [0.25, 0.3) is 5.69 Å². The van der Waals surface area contributed by atoms with Gasteiger partial charge in [-0.05, 0) is 55.0 Å². The van der Waals surface area contributed by atoms with Crippen LogP contribution in [0.1, 0.15) is 27.1 Å². The van der Waals surface area contributed by atoms with Gasteiger partial charge in [0.1, 0.15) is 0 Å². The van der Waals surface area contributed by atoms with Gasteiger partial charge in [-0.1, -0.05) is 46.8 Å². The van der Waals surface area contributed by atoms with Gasteiger partial charge >= 0.3 is 0 Å². The highest BCUT2D eigenvalue weighted by atomic mass is 35.5. The molecule has 0 aliphatic carbocycles. The first kappa shape index (κ1) is 19.3. The number of rotatable bonds is 6. The van der Waals surface area contributed by atoms with Crippen molar-refractivity contribution in [3.8, 4) is 5.69 Å². The van der Waals surface area contributed by atoms with Crippen molar-refractivity contribution >= 4 is 58.7 Å². The van der Waals surface area contributed by atoms with Crippen LogP contribution in [0.3, 0.4) is 0 Å². The third-order valence-corrected chi connectivity index (χ3v) is 6.93. The van der Waals surface area contributed by atoms with Crippen LogP contribution in [0.2, 0.25) is 5.02 Å². The molecule has 2 aromatic carbocycles. The largest absolute Gasteiger partial charge is 0.274 e. The molecule has 0 atom stereocenters. The summed E-state index contributed by atoms with van der Waals surface area (Å²) in [5, 5.41) is 5.21. The normalized spacial score (nSPS) is 13.2. The average Bonchev–Trinajstić information content (AvgIpc) is 3.18. The predicted octanol–water partition coefficient (Wildman–Crippen LogP) is 5.10. The number of hydrogen-bond donors (Lipinski definition) is 0. The molecule has 9 heteroatoms. The first-order valence-corrected chi connectivity index (χ1v) is 11.1. The Balaban J connectivity index is 1.35. The van der Waals surface area contributed by atoms with E-state index >= 15 is 0 Å². The molecular formula is C19H14ClN3O2S3. The minimum atomic E-state index is -0.215. The van der Waals surface area contributed by atoms with Crippen molar-refractivity contribution < 1.29 is 9.59 Å². The maximum atomic E-state index is 12.4. The molecule has 142 valence electrons. The molecule has 0 bridgehead atoms. The Bertz CT molecular complexity index is 1070. The molecule has 0 saturated carbocycles. The molecular weight excluding hydrogens is 434 g/mol. The highest BCUT2D eigenvalue weighted by molar-refractivity contribution is 8.01. The van der Waals surface area contributed by atoms with Crippen LogP contribution in [0, 0.1) is 3.95 Å². The van der Waals surface area contributed by atoms with Crippen LogP contribution in [-0.4, -0.2) is 38.8 Å². The molecule has 5 nitrogen and oxygen atoms in total. The predicted molar refractivity (Wildman–Crippen MR) is 114 cm³/mol. The lowest BCUT2D eigenvalue weighted by molar-refractivity contribution is 0.0655.